The van der Waals surface area contributed by atoms with Gasteiger partial charge in [0.1, 0.15) is 5.75 Å². The van der Waals surface area contributed by atoms with Crippen LogP contribution in [-0.2, 0) is 19.1 Å². The molecule has 1 aliphatic heterocycles. The van der Waals surface area contributed by atoms with Gasteiger partial charge in [-0.15, -0.1) is 0 Å². The van der Waals surface area contributed by atoms with Crippen LogP contribution in [0.15, 0.2) is 47.8 Å². The highest BCUT2D eigenvalue weighted by atomic mass is 16.5. The maximum atomic E-state index is 12.2. The molecule has 0 aliphatic carbocycles. The predicted molar refractivity (Wildman–Crippen MR) is 92.9 cm³/mol. The summed E-state index contributed by atoms with van der Waals surface area (Å²) >= 11 is 0. The van der Waals surface area contributed by atoms with Crippen LogP contribution in [0.1, 0.15) is 31.2 Å². The molecule has 6 nitrogen and oxygen atoms in total. The fraction of sp³-hybridized carbons (Fsp3) is 0.368. The van der Waals surface area contributed by atoms with Crippen LogP contribution in [0, 0.1) is 0 Å². The molecule has 1 aliphatic rings. The standard InChI is InChI=1S/C19H23NO5/c1-4-5-10-25-16-9-7-6-8-13(16)17-14(18(21)23-2)11-20-12-15(17)19(22)24-3/h6-9,11-12,17,20H,4-5,10H2,1-3H3. The van der Waals surface area contributed by atoms with Crippen LogP contribution in [0.3, 0.4) is 0 Å². The van der Waals surface area contributed by atoms with E-state index in [-0.39, 0.29) is 0 Å². The average Bonchev–Trinajstić information content (AvgIpc) is 2.66. The summed E-state index contributed by atoms with van der Waals surface area (Å²) in [6.07, 6.45) is 4.99. The number of methoxy groups -OCH3 is 2. The topological polar surface area (TPSA) is 73.9 Å². The third-order valence-electron chi connectivity index (χ3n) is 3.93. The van der Waals surface area contributed by atoms with Crippen LogP contribution in [0.25, 0.3) is 0 Å². The van der Waals surface area contributed by atoms with Crippen molar-refractivity contribution in [3.05, 3.63) is 53.4 Å². The number of para-hydroxylation sites is 1. The molecule has 0 spiro atoms. The molecule has 0 saturated heterocycles. The minimum Gasteiger partial charge on any atom is -0.493 e. The summed E-state index contributed by atoms with van der Waals surface area (Å²) < 4.78 is 15.6. The predicted octanol–water partition coefficient (Wildman–Crippen LogP) is 2.67. The molecule has 0 bridgehead atoms. The smallest absolute Gasteiger partial charge is 0.336 e. The first kappa shape index (κ1) is 18.6. The Hall–Kier alpha value is -2.76. The molecule has 0 amide bonds. The van der Waals surface area contributed by atoms with E-state index in [0.29, 0.717) is 29.1 Å². The number of unbranched alkanes of at least 4 members (excludes halogenated alkanes) is 1. The summed E-state index contributed by atoms with van der Waals surface area (Å²) in [6.45, 7) is 2.64. The number of nitrogens with one attached hydrogen (secondary N) is 1. The Morgan fingerprint density at radius 1 is 1.04 bits per heavy atom. The molecular weight excluding hydrogens is 322 g/mol. The first-order valence-corrected chi connectivity index (χ1v) is 8.18. The number of dihydropyridines is 1. The highest BCUT2D eigenvalue weighted by Crippen LogP contribution is 2.39. The summed E-state index contributed by atoms with van der Waals surface area (Å²) in [7, 11) is 2.61. The van der Waals surface area contributed by atoms with Gasteiger partial charge in [-0.3, -0.25) is 0 Å². The van der Waals surface area contributed by atoms with Crippen LogP contribution in [0.5, 0.6) is 5.75 Å². The second kappa shape index (κ2) is 8.92. The van der Waals surface area contributed by atoms with Crippen molar-refractivity contribution < 1.29 is 23.8 Å². The summed E-state index contributed by atoms with van der Waals surface area (Å²) in [5.74, 6) is -1.03. The van der Waals surface area contributed by atoms with Crippen LogP contribution in [0.4, 0.5) is 0 Å². The maximum Gasteiger partial charge on any atom is 0.336 e. The highest BCUT2D eigenvalue weighted by Gasteiger charge is 2.35. The van der Waals surface area contributed by atoms with Gasteiger partial charge in [-0.25, -0.2) is 9.59 Å². The molecule has 2 rings (SSSR count). The molecule has 1 aromatic carbocycles. The lowest BCUT2D eigenvalue weighted by molar-refractivity contribution is -0.137. The third-order valence-corrected chi connectivity index (χ3v) is 3.93. The van der Waals surface area contributed by atoms with Gasteiger partial charge in [-0.2, -0.15) is 0 Å². The van der Waals surface area contributed by atoms with Crippen molar-refractivity contribution in [1.82, 2.24) is 5.32 Å². The van der Waals surface area contributed by atoms with Gasteiger partial charge in [0.05, 0.1) is 37.9 Å². The Morgan fingerprint density at radius 3 is 2.20 bits per heavy atom. The van der Waals surface area contributed by atoms with Crippen molar-refractivity contribution in [1.29, 1.82) is 0 Å². The minimum absolute atomic E-state index is 0.317. The van der Waals surface area contributed by atoms with Crippen molar-refractivity contribution in [3.63, 3.8) is 0 Å². The third kappa shape index (κ3) is 4.21. The maximum absolute atomic E-state index is 12.2. The van der Waals surface area contributed by atoms with E-state index in [1.54, 1.807) is 0 Å². The fourth-order valence-corrected chi connectivity index (χ4v) is 2.66. The number of carbonyl (C=O) groups excluding carboxylic acids is 2. The van der Waals surface area contributed by atoms with E-state index in [9.17, 15) is 9.59 Å². The average molecular weight is 345 g/mol. The van der Waals surface area contributed by atoms with E-state index < -0.39 is 17.9 Å². The number of ether oxygens (including phenoxy) is 3. The molecule has 1 heterocycles. The molecular formula is C19H23NO5. The van der Waals surface area contributed by atoms with Gasteiger partial charge >= 0.3 is 11.9 Å². The van der Waals surface area contributed by atoms with Crippen LogP contribution >= 0.6 is 0 Å². The lowest BCUT2D eigenvalue weighted by Crippen LogP contribution is -2.26. The molecule has 6 heteroatoms. The van der Waals surface area contributed by atoms with Crippen molar-refractivity contribution in [2.75, 3.05) is 20.8 Å². The van der Waals surface area contributed by atoms with Crippen molar-refractivity contribution in [2.24, 2.45) is 0 Å². The number of rotatable bonds is 7. The fourth-order valence-electron chi connectivity index (χ4n) is 2.66. The first-order valence-electron chi connectivity index (χ1n) is 8.18. The molecule has 0 unspecified atom stereocenters. The molecule has 1 aromatic rings. The second-order valence-electron chi connectivity index (χ2n) is 5.52. The lowest BCUT2D eigenvalue weighted by Gasteiger charge is -2.26. The van der Waals surface area contributed by atoms with Gasteiger partial charge in [0.2, 0.25) is 0 Å². The van der Waals surface area contributed by atoms with Gasteiger partial charge in [-0.05, 0) is 12.5 Å². The summed E-state index contributed by atoms with van der Waals surface area (Å²) in [6, 6.07) is 7.37. The summed E-state index contributed by atoms with van der Waals surface area (Å²) in [5.41, 5.74) is 1.35. The Kier molecular flexibility index (Phi) is 6.62. The zero-order chi connectivity index (χ0) is 18.2. The van der Waals surface area contributed by atoms with E-state index >= 15 is 0 Å². The zero-order valence-electron chi connectivity index (χ0n) is 14.7. The summed E-state index contributed by atoms with van der Waals surface area (Å²) in [4.78, 5) is 24.5. The first-order chi connectivity index (χ1) is 12.1. The van der Waals surface area contributed by atoms with E-state index in [0.717, 1.165) is 12.8 Å². The molecule has 0 saturated carbocycles. The Labute approximate surface area is 147 Å². The van der Waals surface area contributed by atoms with Crippen molar-refractivity contribution in [2.45, 2.75) is 25.7 Å². The second-order valence-corrected chi connectivity index (χ2v) is 5.52. The van der Waals surface area contributed by atoms with Crippen molar-refractivity contribution >= 4 is 11.9 Å². The number of hydrogen-bond donors (Lipinski definition) is 1. The van der Waals surface area contributed by atoms with Gasteiger partial charge in [0.15, 0.2) is 0 Å². The van der Waals surface area contributed by atoms with Crippen LogP contribution in [0.2, 0.25) is 0 Å². The molecule has 134 valence electrons. The Morgan fingerprint density at radius 2 is 1.64 bits per heavy atom. The van der Waals surface area contributed by atoms with E-state index in [4.69, 9.17) is 14.2 Å². The van der Waals surface area contributed by atoms with Gasteiger partial charge in [0, 0.05) is 18.0 Å². The van der Waals surface area contributed by atoms with E-state index in [1.807, 2.05) is 24.3 Å². The Balaban J connectivity index is 2.47. The molecule has 0 fully saturated rings. The number of esters is 2. The summed E-state index contributed by atoms with van der Waals surface area (Å²) in [5, 5.41) is 2.82. The Bertz CT molecular complexity index is 661. The number of hydrogen-bond acceptors (Lipinski definition) is 6. The quantitative estimate of drug-likeness (QED) is 0.605. The molecule has 1 N–H and O–H groups in total. The number of carbonyl (C=O) groups is 2. The molecule has 0 radical (unpaired) electrons. The minimum atomic E-state index is -0.626. The molecule has 25 heavy (non-hydrogen) atoms. The zero-order valence-corrected chi connectivity index (χ0v) is 14.7. The van der Waals surface area contributed by atoms with Gasteiger partial charge < -0.3 is 19.5 Å². The van der Waals surface area contributed by atoms with Gasteiger partial charge in [0.25, 0.3) is 0 Å². The van der Waals surface area contributed by atoms with E-state index in [1.165, 1.54) is 26.6 Å². The number of benzene rings is 1. The van der Waals surface area contributed by atoms with E-state index in [2.05, 4.69) is 12.2 Å². The molecule has 0 aromatic heterocycles. The van der Waals surface area contributed by atoms with Crippen LogP contribution in [-0.4, -0.2) is 32.8 Å². The van der Waals surface area contributed by atoms with Crippen LogP contribution < -0.4 is 10.1 Å². The normalized spacial score (nSPS) is 14.0. The SMILES string of the molecule is CCCCOc1ccccc1C1C(C(=O)OC)=CNC=C1C(=O)OC. The lowest BCUT2D eigenvalue weighted by atomic mass is 9.83. The largest absolute Gasteiger partial charge is 0.493 e. The monoisotopic (exact) mass is 345 g/mol. The highest BCUT2D eigenvalue weighted by molar-refractivity contribution is 5.98. The van der Waals surface area contributed by atoms with Gasteiger partial charge in [-0.1, -0.05) is 31.5 Å². The van der Waals surface area contributed by atoms with Crippen molar-refractivity contribution in [3.8, 4) is 5.75 Å². The molecule has 0 atom stereocenters.